The van der Waals surface area contributed by atoms with E-state index in [9.17, 15) is 13.2 Å². The van der Waals surface area contributed by atoms with Gasteiger partial charge < -0.3 is 5.32 Å². The van der Waals surface area contributed by atoms with E-state index >= 15 is 0 Å². The zero-order valence-electron chi connectivity index (χ0n) is 16.1. The number of benzene rings is 1. The number of carbonyl (C=O) groups excluding carboxylic acids is 1. The summed E-state index contributed by atoms with van der Waals surface area (Å²) in [6.07, 6.45) is 8.29. The number of rotatable bonds is 9. The second-order valence-electron chi connectivity index (χ2n) is 6.76. The Kier molecular flexibility index (Phi) is 7.23. The topological polar surface area (TPSA) is 93.4 Å². The molecule has 0 saturated heterocycles. The van der Waals surface area contributed by atoms with E-state index in [0.717, 1.165) is 25.7 Å². The van der Waals surface area contributed by atoms with E-state index in [0.29, 0.717) is 21.3 Å². The summed E-state index contributed by atoms with van der Waals surface area (Å²) in [6, 6.07) is 8.01. The van der Waals surface area contributed by atoms with Crippen LogP contribution in [0, 0.1) is 3.57 Å². The highest BCUT2D eigenvalue weighted by molar-refractivity contribution is 14.1. The zero-order valence-corrected chi connectivity index (χ0v) is 19.1. The quantitative estimate of drug-likeness (QED) is 0.331. The van der Waals surface area contributed by atoms with Gasteiger partial charge in [-0.2, -0.15) is 5.10 Å². The van der Waals surface area contributed by atoms with Crippen LogP contribution in [0.4, 0.5) is 5.69 Å². The highest BCUT2D eigenvalue weighted by atomic mass is 127. The predicted octanol–water partition coefficient (Wildman–Crippen LogP) is 4.33. The fourth-order valence-corrected chi connectivity index (χ4v) is 5.06. The van der Waals surface area contributed by atoms with Crippen LogP contribution in [-0.4, -0.2) is 34.7 Å². The highest BCUT2D eigenvalue weighted by Crippen LogP contribution is 2.20. The van der Waals surface area contributed by atoms with Crippen LogP contribution in [-0.2, 0) is 9.84 Å². The minimum atomic E-state index is -3.31. The van der Waals surface area contributed by atoms with Crippen molar-refractivity contribution in [2.24, 2.45) is 0 Å². The lowest BCUT2D eigenvalue weighted by molar-refractivity contribution is 0.102. The number of carbonyl (C=O) groups is 1. The standard InChI is InChI=1S/C20H23IN4O3S/c1-2-3-4-5-6-14-29(27,28)16-10-8-15(9-11-16)23-20(26)18-17(21)19-22-12-7-13-25(19)24-18/h7-13H,2-6,14H2,1H3,(H,23,26). The Bertz CT molecular complexity index is 1090. The van der Waals surface area contributed by atoms with Crippen LogP contribution in [0.1, 0.15) is 49.5 Å². The van der Waals surface area contributed by atoms with Gasteiger partial charge in [-0.05, 0) is 59.3 Å². The first-order chi connectivity index (χ1) is 13.9. The Morgan fingerprint density at radius 2 is 1.86 bits per heavy atom. The Morgan fingerprint density at radius 3 is 2.55 bits per heavy atom. The molecule has 29 heavy (non-hydrogen) atoms. The number of amides is 1. The maximum atomic E-state index is 12.6. The van der Waals surface area contributed by atoms with Crippen molar-refractivity contribution in [2.75, 3.05) is 11.1 Å². The number of unbranched alkanes of at least 4 members (excludes halogenated alkanes) is 4. The molecule has 2 heterocycles. The Labute approximate surface area is 184 Å². The molecule has 9 heteroatoms. The van der Waals surface area contributed by atoms with Gasteiger partial charge in [-0.15, -0.1) is 0 Å². The van der Waals surface area contributed by atoms with Gasteiger partial charge in [-0.1, -0.05) is 32.6 Å². The van der Waals surface area contributed by atoms with Crippen LogP contribution in [0.5, 0.6) is 0 Å². The largest absolute Gasteiger partial charge is 0.321 e. The third kappa shape index (κ3) is 5.33. The molecule has 3 rings (SSSR count). The summed E-state index contributed by atoms with van der Waals surface area (Å²) in [7, 11) is -3.31. The van der Waals surface area contributed by atoms with Crippen LogP contribution in [0.25, 0.3) is 5.65 Å². The second-order valence-corrected chi connectivity index (χ2v) is 9.95. The molecule has 3 aromatic rings. The van der Waals surface area contributed by atoms with Gasteiger partial charge in [-0.25, -0.2) is 17.9 Å². The number of nitrogens with one attached hydrogen (secondary N) is 1. The Hall–Kier alpha value is -2.01. The van der Waals surface area contributed by atoms with Crippen molar-refractivity contribution in [2.45, 2.75) is 43.9 Å². The maximum Gasteiger partial charge on any atom is 0.277 e. The fraction of sp³-hybridized carbons (Fsp3) is 0.350. The normalized spacial score (nSPS) is 11.7. The van der Waals surface area contributed by atoms with Crippen molar-refractivity contribution in [1.29, 1.82) is 0 Å². The van der Waals surface area contributed by atoms with E-state index in [1.165, 1.54) is 12.1 Å². The Balaban J connectivity index is 1.65. The number of fused-ring (bicyclic) bond motifs is 1. The van der Waals surface area contributed by atoms with E-state index in [-0.39, 0.29) is 22.2 Å². The summed E-state index contributed by atoms with van der Waals surface area (Å²) in [4.78, 5) is 17.1. The lowest BCUT2D eigenvalue weighted by Gasteiger charge is -2.07. The molecule has 0 aliphatic rings. The van der Waals surface area contributed by atoms with Gasteiger partial charge >= 0.3 is 0 Å². The molecular formula is C20H23IN4O3S. The van der Waals surface area contributed by atoms with Crippen molar-refractivity contribution in [1.82, 2.24) is 14.6 Å². The Morgan fingerprint density at radius 1 is 1.14 bits per heavy atom. The minimum absolute atomic E-state index is 0.148. The van der Waals surface area contributed by atoms with Gasteiger partial charge in [0.2, 0.25) is 0 Å². The number of anilines is 1. The van der Waals surface area contributed by atoms with Gasteiger partial charge in [0.25, 0.3) is 5.91 Å². The SMILES string of the molecule is CCCCCCCS(=O)(=O)c1ccc(NC(=O)c2nn3cccnc3c2I)cc1. The van der Waals surface area contributed by atoms with Crippen molar-refractivity contribution in [3.8, 4) is 0 Å². The summed E-state index contributed by atoms with van der Waals surface area (Å²) in [5.74, 6) is -0.221. The van der Waals surface area contributed by atoms with E-state index in [2.05, 4.69) is 22.3 Å². The average Bonchev–Trinajstić information content (AvgIpc) is 3.05. The van der Waals surface area contributed by atoms with Crippen LogP contribution in [0.15, 0.2) is 47.6 Å². The lowest BCUT2D eigenvalue weighted by Crippen LogP contribution is -2.14. The molecule has 0 aliphatic carbocycles. The first-order valence-electron chi connectivity index (χ1n) is 9.55. The van der Waals surface area contributed by atoms with E-state index in [4.69, 9.17) is 0 Å². The molecule has 2 aromatic heterocycles. The number of aromatic nitrogens is 3. The van der Waals surface area contributed by atoms with E-state index in [1.807, 2.05) is 22.6 Å². The molecule has 0 atom stereocenters. The summed E-state index contributed by atoms with van der Waals surface area (Å²) in [5.41, 5.74) is 1.39. The van der Waals surface area contributed by atoms with Crippen molar-refractivity contribution in [3.05, 3.63) is 52.0 Å². The molecule has 0 aliphatic heterocycles. The molecular weight excluding hydrogens is 503 g/mol. The van der Waals surface area contributed by atoms with Crippen molar-refractivity contribution < 1.29 is 13.2 Å². The molecule has 0 saturated carbocycles. The van der Waals surface area contributed by atoms with Gasteiger partial charge in [0.05, 0.1) is 14.2 Å². The van der Waals surface area contributed by atoms with Crippen LogP contribution >= 0.6 is 22.6 Å². The molecule has 1 amide bonds. The number of hydrogen-bond acceptors (Lipinski definition) is 5. The summed E-state index contributed by atoms with van der Waals surface area (Å²) < 4.78 is 27.1. The number of nitrogens with zero attached hydrogens (tertiary/aromatic N) is 3. The van der Waals surface area contributed by atoms with Crippen molar-refractivity contribution in [3.63, 3.8) is 0 Å². The van der Waals surface area contributed by atoms with Crippen LogP contribution in [0.2, 0.25) is 0 Å². The molecule has 0 unspecified atom stereocenters. The van der Waals surface area contributed by atoms with Gasteiger partial charge in [-0.3, -0.25) is 4.79 Å². The molecule has 154 valence electrons. The monoisotopic (exact) mass is 526 g/mol. The van der Waals surface area contributed by atoms with Crippen LogP contribution in [0.3, 0.4) is 0 Å². The smallest absolute Gasteiger partial charge is 0.277 e. The first-order valence-corrected chi connectivity index (χ1v) is 12.3. The van der Waals surface area contributed by atoms with Crippen molar-refractivity contribution >= 4 is 49.7 Å². The lowest BCUT2D eigenvalue weighted by atomic mass is 10.2. The molecule has 1 aromatic carbocycles. The molecule has 1 N–H and O–H groups in total. The number of halogens is 1. The molecule has 7 nitrogen and oxygen atoms in total. The van der Waals surface area contributed by atoms with Gasteiger partial charge in [0, 0.05) is 18.1 Å². The van der Waals surface area contributed by atoms with Gasteiger partial charge in [0.1, 0.15) is 0 Å². The third-order valence-electron chi connectivity index (χ3n) is 4.54. The first kappa shape index (κ1) is 21.7. The minimum Gasteiger partial charge on any atom is -0.321 e. The number of sulfone groups is 1. The average molecular weight is 526 g/mol. The molecule has 0 spiro atoms. The summed E-state index contributed by atoms with van der Waals surface area (Å²) in [5, 5.41) is 7.02. The van der Waals surface area contributed by atoms with Crippen LogP contribution < -0.4 is 5.32 Å². The maximum absolute atomic E-state index is 12.6. The molecule has 0 bridgehead atoms. The third-order valence-corrected chi connectivity index (χ3v) is 7.35. The molecule has 0 radical (unpaired) electrons. The van der Waals surface area contributed by atoms with E-state index < -0.39 is 9.84 Å². The highest BCUT2D eigenvalue weighted by Gasteiger charge is 2.19. The summed E-state index contributed by atoms with van der Waals surface area (Å²) >= 11 is 2.04. The zero-order chi connectivity index (χ0) is 20.9. The van der Waals surface area contributed by atoms with E-state index in [1.54, 1.807) is 35.1 Å². The fourth-order valence-electron chi connectivity index (χ4n) is 2.95. The molecule has 0 fully saturated rings. The number of hydrogen-bond donors (Lipinski definition) is 1. The summed E-state index contributed by atoms with van der Waals surface area (Å²) in [6.45, 7) is 2.13. The van der Waals surface area contributed by atoms with Gasteiger partial charge in [0.15, 0.2) is 21.2 Å². The predicted molar refractivity (Wildman–Crippen MR) is 121 cm³/mol. The second kappa shape index (κ2) is 9.66.